The minimum Gasteiger partial charge on any atom is -0.378 e. The molecule has 0 aliphatic heterocycles. The normalized spacial score (nSPS) is 26.0. The molecule has 4 nitrogen and oxygen atoms in total. The van der Waals surface area contributed by atoms with Gasteiger partial charge in [0.15, 0.2) is 0 Å². The summed E-state index contributed by atoms with van der Waals surface area (Å²) in [6, 6.07) is 4.02. The smallest absolute Gasteiger partial charge is 0.243 e. The molecule has 1 fully saturated rings. The summed E-state index contributed by atoms with van der Waals surface area (Å²) in [5.41, 5.74) is 5.25. The van der Waals surface area contributed by atoms with Crippen LogP contribution in [0, 0.1) is 5.41 Å². The van der Waals surface area contributed by atoms with E-state index in [2.05, 4.69) is 15.9 Å². The van der Waals surface area contributed by atoms with Crippen LogP contribution in [0.2, 0.25) is 0 Å². The first-order valence-corrected chi connectivity index (χ1v) is 8.73. The van der Waals surface area contributed by atoms with Crippen LogP contribution >= 0.6 is 39.7 Å². The van der Waals surface area contributed by atoms with Crippen LogP contribution in [0.4, 0.5) is 0 Å². The van der Waals surface area contributed by atoms with Crippen molar-refractivity contribution in [2.45, 2.75) is 45.4 Å². The largest absolute Gasteiger partial charge is 0.378 e. The second-order valence-electron chi connectivity index (χ2n) is 6.21. The maximum absolute atomic E-state index is 12.8. The number of hydrogen-bond acceptors (Lipinski definition) is 4. The van der Waals surface area contributed by atoms with Crippen LogP contribution in [0.25, 0.3) is 0 Å². The highest BCUT2D eigenvalue weighted by molar-refractivity contribution is 9.11. The Bertz CT molecular complexity index is 537. The third kappa shape index (κ3) is 3.36. The van der Waals surface area contributed by atoms with Crippen molar-refractivity contribution in [2.24, 2.45) is 11.1 Å². The maximum Gasteiger partial charge on any atom is 0.243 e. The first-order chi connectivity index (χ1) is 9.72. The van der Waals surface area contributed by atoms with Crippen molar-refractivity contribution < 1.29 is 9.53 Å². The maximum atomic E-state index is 12.8. The van der Waals surface area contributed by atoms with Gasteiger partial charge in [0, 0.05) is 30.4 Å². The third-order valence-electron chi connectivity index (χ3n) is 4.58. The lowest BCUT2D eigenvalue weighted by Crippen LogP contribution is -2.75. The summed E-state index contributed by atoms with van der Waals surface area (Å²) >= 11 is 5.08. The molecule has 1 amide bonds. The number of carbonyl (C=O) groups excluding carboxylic acids is 1. The second kappa shape index (κ2) is 7.18. The summed E-state index contributed by atoms with van der Waals surface area (Å²) in [7, 11) is 1.81. The Labute approximate surface area is 150 Å². The van der Waals surface area contributed by atoms with Crippen molar-refractivity contribution in [1.82, 2.24) is 4.90 Å². The number of amides is 1. The number of ether oxygens (including phenoxy) is 1. The predicted molar refractivity (Wildman–Crippen MR) is 96.5 cm³/mol. The molecule has 2 rings (SSSR count). The van der Waals surface area contributed by atoms with Crippen LogP contribution in [0.3, 0.4) is 0 Å². The monoisotopic (exact) mass is 410 g/mol. The van der Waals surface area contributed by atoms with Gasteiger partial charge in [0.2, 0.25) is 5.91 Å². The van der Waals surface area contributed by atoms with Crippen molar-refractivity contribution >= 4 is 45.6 Å². The van der Waals surface area contributed by atoms with Gasteiger partial charge in [-0.1, -0.05) is 13.8 Å². The lowest BCUT2D eigenvalue weighted by Gasteiger charge is -2.58. The van der Waals surface area contributed by atoms with E-state index in [1.807, 2.05) is 40.0 Å². The Morgan fingerprint density at radius 3 is 2.64 bits per heavy atom. The first kappa shape index (κ1) is 19.9. The molecule has 2 N–H and O–H groups in total. The standard InChI is InChI=1S/C15H23BrN2O2S.ClH/c1-5-20-11-8-15(17,14(11,2)3)13(19)18(4)9-10-6-7-12(16)21-10;/h6-7,11H,5,8-9,17H2,1-4H3;1H. The van der Waals surface area contributed by atoms with E-state index in [-0.39, 0.29) is 29.8 Å². The van der Waals surface area contributed by atoms with E-state index in [1.165, 1.54) is 0 Å². The zero-order valence-corrected chi connectivity index (χ0v) is 16.6. The summed E-state index contributed by atoms with van der Waals surface area (Å²) in [6.45, 7) is 7.24. The molecule has 22 heavy (non-hydrogen) atoms. The molecule has 2 unspecified atom stereocenters. The van der Waals surface area contributed by atoms with E-state index in [0.717, 1.165) is 8.66 Å². The van der Waals surface area contributed by atoms with Crippen LogP contribution in [-0.2, 0) is 16.1 Å². The van der Waals surface area contributed by atoms with Gasteiger partial charge in [-0.15, -0.1) is 23.7 Å². The summed E-state index contributed by atoms with van der Waals surface area (Å²) in [6.07, 6.45) is 0.645. The van der Waals surface area contributed by atoms with Crippen molar-refractivity contribution in [2.75, 3.05) is 13.7 Å². The highest BCUT2D eigenvalue weighted by Gasteiger charge is 2.63. The minimum absolute atomic E-state index is 0. The Morgan fingerprint density at radius 1 is 1.55 bits per heavy atom. The van der Waals surface area contributed by atoms with E-state index in [4.69, 9.17) is 10.5 Å². The average molecular weight is 412 g/mol. The average Bonchev–Trinajstić information content (AvgIpc) is 2.82. The number of nitrogens with two attached hydrogens (primary N) is 1. The number of rotatable bonds is 5. The molecular weight excluding hydrogens is 388 g/mol. The second-order valence-corrected chi connectivity index (χ2v) is 8.76. The number of likely N-dealkylation sites (N-methyl/N-ethyl adjacent to an activating group) is 1. The molecule has 1 aliphatic rings. The van der Waals surface area contributed by atoms with Gasteiger partial charge >= 0.3 is 0 Å². The number of thiophene rings is 1. The molecule has 0 radical (unpaired) electrons. The molecule has 1 aromatic rings. The number of nitrogens with zero attached hydrogens (tertiary/aromatic N) is 1. The van der Waals surface area contributed by atoms with Crippen LogP contribution < -0.4 is 5.73 Å². The predicted octanol–water partition coefficient (Wildman–Crippen LogP) is 3.42. The van der Waals surface area contributed by atoms with Gasteiger partial charge in [0.25, 0.3) is 0 Å². The van der Waals surface area contributed by atoms with Crippen molar-refractivity contribution in [1.29, 1.82) is 0 Å². The topological polar surface area (TPSA) is 55.6 Å². The lowest BCUT2D eigenvalue weighted by atomic mass is 9.54. The fourth-order valence-corrected chi connectivity index (χ4v) is 4.42. The Balaban J connectivity index is 0.00000242. The van der Waals surface area contributed by atoms with Gasteiger partial charge in [0.1, 0.15) is 5.54 Å². The lowest BCUT2D eigenvalue weighted by molar-refractivity contribution is -0.178. The molecule has 126 valence electrons. The fraction of sp³-hybridized carbons (Fsp3) is 0.667. The van der Waals surface area contributed by atoms with Gasteiger partial charge in [-0.3, -0.25) is 4.79 Å². The van der Waals surface area contributed by atoms with Gasteiger partial charge in [-0.25, -0.2) is 0 Å². The van der Waals surface area contributed by atoms with Crippen molar-refractivity contribution in [3.8, 4) is 0 Å². The van der Waals surface area contributed by atoms with E-state index in [1.54, 1.807) is 16.2 Å². The molecule has 0 spiro atoms. The number of hydrogen-bond donors (Lipinski definition) is 1. The van der Waals surface area contributed by atoms with Crippen molar-refractivity contribution in [3.05, 3.63) is 20.8 Å². The van der Waals surface area contributed by atoms with Crippen LogP contribution in [0.1, 0.15) is 32.1 Å². The van der Waals surface area contributed by atoms with Gasteiger partial charge in [0.05, 0.1) is 16.4 Å². The molecule has 7 heteroatoms. The summed E-state index contributed by atoms with van der Waals surface area (Å²) in [5.74, 6) is -0.00650. The quantitative estimate of drug-likeness (QED) is 0.807. The Kier molecular flexibility index (Phi) is 6.49. The fourth-order valence-electron chi connectivity index (χ4n) is 2.88. The molecule has 1 heterocycles. The highest BCUT2D eigenvalue weighted by atomic mass is 79.9. The molecule has 0 bridgehead atoms. The van der Waals surface area contributed by atoms with E-state index in [9.17, 15) is 4.79 Å². The van der Waals surface area contributed by atoms with Crippen molar-refractivity contribution in [3.63, 3.8) is 0 Å². The summed E-state index contributed by atoms with van der Waals surface area (Å²) in [5, 5.41) is 0. The molecule has 1 aliphatic carbocycles. The third-order valence-corrected chi connectivity index (χ3v) is 6.19. The highest BCUT2D eigenvalue weighted by Crippen LogP contribution is 2.50. The molecular formula is C15H24BrClN2O2S. The van der Waals surface area contributed by atoms with Crippen LogP contribution in [0.5, 0.6) is 0 Å². The molecule has 0 aromatic carbocycles. The van der Waals surface area contributed by atoms with Crippen LogP contribution in [0.15, 0.2) is 15.9 Å². The Hall–Kier alpha value is -0.140. The Morgan fingerprint density at radius 2 is 2.18 bits per heavy atom. The first-order valence-electron chi connectivity index (χ1n) is 7.12. The van der Waals surface area contributed by atoms with Gasteiger partial charge in [-0.2, -0.15) is 0 Å². The summed E-state index contributed by atoms with van der Waals surface area (Å²) < 4.78 is 6.76. The van der Waals surface area contributed by atoms with Gasteiger partial charge in [-0.05, 0) is 35.0 Å². The molecule has 2 atom stereocenters. The number of halogens is 2. The molecule has 1 saturated carbocycles. The van der Waals surface area contributed by atoms with Gasteiger partial charge < -0.3 is 15.4 Å². The zero-order chi connectivity index (χ0) is 15.8. The number of carbonyl (C=O) groups is 1. The summed E-state index contributed by atoms with van der Waals surface area (Å²) in [4.78, 5) is 15.6. The molecule has 1 aromatic heterocycles. The molecule has 0 saturated heterocycles. The van der Waals surface area contributed by atoms with E-state index in [0.29, 0.717) is 19.6 Å². The zero-order valence-electron chi connectivity index (χ0n) is 13.4. The van der Waals surface area contributed by atoms with Crippen LogP contribution in [-0.4, -0.2) is 36.1 Å². The van der Waals surface area contributed by atoms with E-state index >= 15 is 0 Å². The minimum atomic E-state index is -0.837. The van der Waals surface area contributed by atoms with E-state index < -0.39 is 5.54 Å². The SMILES string of the molecule is CCOC1CC(N)(C(=O)N(C)Cc2ccc(Br)s2)C1(C)C.Cl.